The van der Waals surface area contributed by atoms with Gasteiger partial charge < -0.3 is 14.4 Å². The summed E-state index contributed by atoms with van der Waals surface area (Å²) in [6.07, 6.45) is 0.584. The van der Waals surface area contributed by atoms with Gasteiger partial charge >= 0.3 is 0 Å². The van der Waals surface area contributed by atoms with Gasteiger partial charge in [0, 0.05) is 30.2 Å². The summed E-state index contributed by atoms with van der Waals surface area (Å²) >= 11 is 0. The van der Waals surface area contributed by atoms with Crippen molar-refractivity contribution in [3.63, 3.8) is 0 Å². The summed E-state index contributed by atoms with van der Waals surface area (Å²) in [4.78, 5) is 37.5. The molecule has 0 saturated carbocycles. The summed E-state index contributed by atoms with van der Waals surface area (Å²) in [5.41, 5.74) is 2.15. The Hall–Kier alpha value is -2.41. The highest BCUT2D eigenvalue weighted by Gasteiger charge is 2.40. The highest BCUT2D eigenvalue weighted by atomic mass is 16.5. The fraction of sp³-hybridized carbons (Fsp3) is 0.438. The maximum atomic E-state index is 12.6. The van der Waals surface area contributed by atoms with Gasteiger partial charge in [-0.2, -0.15) is 0 Å². The minimum absolute atomic E-state index is 0.211. The molecule has 3 amide bonds. The van der Waals surface area contributed by atoms with E-state index in [2.05, 4.69) is 5.32 Å². The van der Waals surface area contributed by atoms with Gasteiger partial charge in [-0.15, -0.1) is 0 Å². The Balaban J connectivity index is 1.92. The predicted octanol–water partition coefficient (Wildman–Crippen LogP) is 0.603. The number of fused-ring (bicyclic) bond motifs is 1. The van der Waals surface area contributed by atoms with E-state index in [1.807, 2.05) is 0 Å². The zero-order valence-corrected chi connectivity index (χ0v) is 13.0. The Kier molecular flexibility index (Phi) is 4.04. The molecule has 0 bridgehead atoms. The Bertz CT molecular complexity index is 685. The molecule has 3 rings (SSSR count). The third-order valence-corrected chi connectivity index (χ3v) is 4.25. The second-order valence-electron chi connectivity index (χ2n) is 5.62. The van der Waals surface area contributed by atoms with Crippen molar-refractivity contribution in [2.75, 3.05) is 14.2 Å². The van der Waals surface area contributed by atoms with Crippen molar-refractivity contribution >= 4 is 17.7 Å². The standard InChI is InChI=1S/C16H18N2O5/c1-22-8-9-3-4-10-11(14(9)23-2)7-18(16(10)21)12-5-6-13(19)17-15(12)20/h3-4,12H,5-8H2,1-2H3,(H,17,19,20). The van der Waals surface area contributed by atoms with E-state index in [0.717, 1.165) is 11.1 Å². The number of hydrogen-bond donors (Lipinski definition) is 1. The van der Waals surface area contributed by atoms with Crippen LogP contribution in [0.3, 0.4) is 0 Å². The van der Waals surface area contributed by atoms with Gasteiger partial charge in [0.1, 0.15) is 11.8 Å². The van der Waals surface area contributed by atoms with E-state index in [-0.39, 0.29) is 18.2 Å². The summed E-state index contributed by atoms with van der Waals surface area (Å²) in [7, 11) is 3.14. The van der Waals surface area contributed by atoms with E-state index >= 15 is 0 Å². The molecule has 0 aliphatic carbocycles. The average molecular weight is 318 g/mol. The number of ether oxygens (including phenoxy) is 2. The maximum Gasteiger partial charge on any atom is 0.255 e. The number of imide groups is 1. The van der Waals surface area contributed by atoms with E-state index in [4.69, 9.17) is 9.47 Å². The van der Waals surface area contributed by atoms with Crippen molar-refractivity contribution in [2.24, 2.45) is 0 Å². The first-order valence-electron chi connectivity index (χ1n) is 7.39. The van der Waals surface area contributed by atoms with Crippen molar-refractivity contribution in [1.82, 2.24) is 10.2 Å². The van der Waals surface area contributed by atoms with Crippen LogP contribution in [0.2, 0.25) is 0 Å². The molecule has 122 valence electrons. The molecule has 0 spiro atoms. The first-order valence-corrected chi connectivity index (χ1v) is 7.39. The second-order valence-corrected chi connectivity index (χ2v) is 5.62. The van der Waals surface area contributed by atoms with Crippen LogP contribution < -0.4 is 10.1 Å². The molecule has 1 fully saturated rings. The normalized spacial score (nSPS) is 20.5. The lowest BCUT2D eigenvalue weighted by atomic mass is 10.0. The van der Waals surface area contributed by atoms with Crippen molar-refractivity contribution < 1.29 is 23.9 Å². The van der Waals surface area contributed by atoms with Crippen LogP contribution in [0.4, 0.5) is 0 Å². The number of methoxy groups -OCH3 is 2. The van der Waals surface area contributed by atoms with E-state index in [9.17, 15) is 14.4 Å². The average Bonchev–Trinajstić information content (AvgIpc) is 2.85. The lowest BCUT2D eigenvalue weighted by molar-refractivity contribution is -0.136. The molecule has 1 saturated heterocycles. The van der Waals surface area contributed by atoms with E-state index in [1.54, 1.807) is 26.4 Å². The Labute approximate surface area is 133 Å². The Morgan fingerprint density at radius 3 is 2.70 bits per heavy atom. The highest BCUT2D eigenvalue weighted by Crippen LogP contribution is 2.36. The Morgan fingerprint density at radius 1 is 1.26 bits per heavy atom. The van der Waals surface area contributed by atoms with Crippen LogP contribution in [0.15, 0.2) is 12.1 Å². The van der Waals surface area contributed by atoms with Gasteiger partial charge in [0.2, 0.25) is 11.8 Å². The summed E-state index contributed by atoms with van der Waals surface area (Å²) in [5.74, 6) is -0.307. The lowest BCUT2D eigenvalue weighted by Crippen LogP contribution is -2.52. The van der Waals surface area contributed by atoms with Crippen molar-refractivity contribution in [2.45, 2.75) is 32.0 Å². The molecule has 7 nitrogen and oxygen atoms in total. The first kappa shape index (κ1) is 15.5. The molecule has 0 aromatic heterocycles. The van der Waals surface area contributed by atoms with Crippen molar-refractivity contribution in [3.05, 3.63) is 28.8 Å². The van der Waals surface area contributed by atoms with Gasteiger partial charge in [-0.25, -0.2) is 0 Å². The minimum atomic E-state index is -0.622. The number of carbonyl (C=O) groups is 3. The SMILES string of the molecule is COCc1ccc2c(c1OC)CN(C1CCC(=O)NC1=O)C2=O. The van der Waals surface area contributed by atoms with Gasteiger partial charge in [-0.3, -0.25) is 19.7 Å². The van der Waals surface area contributed by atoms with Crippen LogP contribution in [0.5, 0.6) is 5.75 Å². The third-order valence-electron chi connectivity index (χ3n) is 4.25. The first-order chi connectivity index (χ1) is 11.1. The fourth-order valence-corrected chi connectivity index (χ4v) is 3.19. The van der Waals surface area contributed by atoms with E-state index in [0.29, 0.717) is 30.9 Å². The smallest absolute Gasteiger partial charge is 0.255 e. The number of carbonyl (C=O) groups excluding carboxylic acids is 3. The molecule has 7 heteroatoms. The summed E-state index contributed by atoms with van der Waals surface area (Å²) in [5, 5.41) is 2.29. The van der Waals surface area contributed by atoms with Crippen LogP contribution >= 0.6 is 0 Å². The predicted molar refractivity (Wildman–Crippen MR) is 79.8 cm³/mol. The zero-order chi connectivity index (χ0) is 16.6. The summed E-state index contributed by atoms with van der Waals surface area (Å²) in [6.45, 7) is 0.671. The molecule has 1 aromatic rings. The van der Waals surface area contributed by atoms with E-state index in [1.165, 1.54) is 4.90 Å². The van der Waals surface area contributed by atoms with Gasteiger partial charge in [-0.1, -0.05) is 6.07 Å². The maximum absolute atomic E-state index is 12.6. The second kappa shape index (κ2) is 6.00. The van der Waals surface area contributed by atoms with Gasteiger partial charge in [-0.05, 0) is 12.5 Å². The number of piperidine rings is 1. The number of nitrogens with zero attached hydrogens (tertiary/aromatic N) is 1. The molecule has 1 unspecified atom stereocenters. The molecular formula is C16H18N2O5. The minimum Gasteiger partial charge on any atom is -0.496 e. The van der Waals surface area contributed by atoms with Crippen molar-refractivity contribution in [1.29, 1.82) is 0 Å². The molecule has 2 aliphatic rings. The molecule has 23 heavy (non-hydrogen) atoms. The quantitative estimate of drug-likeness (QED) is 0.822. The molecule has 0 radical (unpaired) electrons. The largest absolute Gasteiger partial charge is 0.496 e. The number of nitrogens with one attached hydrogen (secondary N) is 1. The number of hydrogen-bond acceptors (Lipinski definition) is 5. The number of benzene rings is 1. The lowest BCUT2D eigenvalue weighted by Gasteiger charge is -2.29. The van der Waals surface area contributed by atoms with Gasteiger partial charge in [0.25, 0.3) is 5.91 Å². The van der Waals surface area contributed by atoms with Crippen LogP contribution in [0.1, 0.15) is 34.3 Å². The molecule has 1 atom stereocenters. The topological polar surface area (TPSA) is 84.9 Å². The monoisotopic (exact) mass is 318 g/mol. The molecule has 2 aliphatic heterocycles. The highest BCUT2D eigenvalue weighted by molar-refractivity contribution is 6.05. The summed E-state index contributed by atoms with van der Waals surface area (Å²) in [6, 6.07) is 2.91. The molecule has 1 aromatic carbocycles. The van der Waals surface area contributed by atoms with Gasteiger partial charge in [0.15, 0.2) is 0 Å². The zero-order valence-electron chi connectivity index (χ0n) is 13.0. The third kappa shape index (κ3) is 2.57. The molecular weight excluding hydrogens is 300 g/mol. The van der Waals surface area contributed by atoms with Gasteiger partial charge in [0.05, 0.1) is 20.3 Å². The molecule has 1 N–H and O–H groups in total. The fourth-order valence-electron chi connectivity index (χ4n) is 3.19. The number of rotatable bonds is 4. The van der Waals surface area contributed by atoms with Crippen LogP contribution in [-0.2, 0) is 27.5 Å². The van der Waals surface area contributed by atoms with E-state index < -0.39 is 11.9 Å². The van der Waals surface area contributed by atoms with Crippen LogP contribution in [0, 0.1) is 0 Å². The number of amides is 3. The summed E-state index contributed by atoms with van der Waals surface area (Å²) < 4.78 is 10.6. The van der Waals surface area contributed by atoms with Crippen molar-refractivity contribution in [3.8, 4) is 5.75 Å². The van der Waals surface area contributed by atoms with Crippen LogP contribution in [-0.4, -0.2) is 42.9 Å². The van der Waals surface area contributed by atoms with Crippen LogP contribution in [0.25, 0.3) is 0 Å². The Morgan fingerprint density at radius 2 is 2.04 bits per heavy atom. The molecule has 2 heterocycles.